The summed E-state index contributed by atoms with van der Waals surface area (Å²) < 4.78 is 29.6. The van der Waals surface area contributed by atoms with E-state index in [2.05, 4.69) is 15.0 Å². The maximum Gasteiger partial charge on any atom is 0.411 e. The number of carbonyl (C=O) groups is 2. The van der Waals surface area contributed by atoms with Gasteiger partial charge in [-0.2, -0.15) is 11.8 Å². The number of H-pyrrole nitrogens is 1. The lowest BCUT2D eigenvalue weighted by atomic mass is 10.0. The summed E-state index contributed by atoms with van der Waals surface area (Å²) in [5, 5.41) is -0.0105. The number of likely N-dealkylation sites (tertiary alicyclic amines) is 1. The molecule has 6 atom stereocenters. The molecule has 0 bridgehead atoms. The fraction of sp³-hybridized carbons (Fsp3) is 0.680. The van der Waals surface area contributed by atoms with E-state index >= 15 is 0 Å². The molecule has 0 aliphatic carbocycles. The lowest BCUT2D eigenvalue weighted by Gasteiger charge is -2.27. The summed E-state index contributed by atoms with van der Waals surface area (Å²) in [5.41, 5.74) is 7.52. The first kappa shape index (κ1) is 27.0. The van der Waals surface area contributed by atoms with E-state index in [4.69, 9.17) is 29.4 Å². The molecular formula is C25H35N5O7S. The second-order valence-electron chi connectivity index (χ2n) is 11.2. The minimum atomic E-state index is -0.767. The number of thioether (sulfide) groups is 1. The Morgan fingerprint density at radius 3 is 2.71 bits per heavy atom. The molecule has 13 heteroatoms. The van der Waals surface area contributed by atoms with Crippen LogP contribution >= 0.6 is 11.8 Å². The number of ether oxygens (including phenoxy) is 5. The van der Waals surface area contributed by atoms with Crippen molar-refractivity contribution in [2.75, 3.05) is 25.1 Å². The molecule has 3 aliphatic heterocycles. The fourth-order valence-electron chi connectivity index (χ4n) is 5.29. The third-order valence-electron chi connectivity index (χ3n) is 6.84. The maximum absolute atomic E-state index is 12.8. The van der Waals surface area contributed by atoms with Gasteiger partial charge in [0, 0.05) is 29.3 Å². The summed E-state index contributed by atoms with van der Waals surface area (Å²) in [6.07, 6.45) is 1.86. The van der Waals surface area contributed by atoms with Gasteiger partial charge in [0.05, 0.1) is 18.7 Å². The van der Waals surface area contributed by atoms with Gasteiger partial charge < -0.3 is 34.4 Å². The van der Waals surface area contributed by atoms with Crippen molar-refractivity contribution >= 4 is 40.7 Å². The Labute approximate surface area is 225 Å². The standard InChI is InChI=1S/C25H35N5O7S/c1-24(2,3)37-23(32)30-9-12(7-14(30)22(31)33-6)38-10-15-19-20(36-25(4,5)35-19)18(34-15)13-8-27-17-16(13)28-11-29-21(17)26/h8,11-12,14-15,18-20,27H,7,9-10H2,1-6H3,(H2,26,28,29)/t12-,14-,15+,18-,19+,20-/m0/s1. The quantitative estimate of drug-likeness (QED) is 0.530. The van der Waals surface area contributed by atoms with Crippen LogP contribution in [-0.2, 0) is 28.5 Å². The zero-order valence-electron chi connectivity index (χ0n) is 22.4. The molecule has 12 nitrogen and oxygen atoms in total. The first-order valence-electron chi connectivity index (χ1n) is 12.6. The summed E-state index contributed by atoms with van der Waals surface area (Å²) in [6.45, 7) is 9.53. The number of hydrogen-bond donors (Lipinski definition) is 2. The largest absolute Gasteiger partial charge is 0.467 e. The molecule has 5 rings (SSSR count). The molecule has 0 saturated carbocycles. The predicted molar refractivity (Wildman–Crippen MR) is 139 cm³/mol. The molecule has 38 heavy (non-hydrogen) atoms. The molecule has 3 N–H and O–H groups in total. The third kappa shape index (κ3) is 5.16. The van der Waals surface area contributed by atoms with Gasteiger partial charge in [-0.15, -0.1) is 0 Å². The second kappa shape index (κ2) is 9.85. The number of nitrogens with zero attached hydrogens (tertiary/aromatic N) is 3. The number of fused-ring (bicyclic) bond motifs is 2. The Hall–Kier alpha value is -2.61. The van der Waals surface area contributed by atoms with Crippen LogP contribution in [0.5, 0.6) is 0 Å². The van der Waals surface area contributed by atoms with E-state index in [0.717, 1.165) is 5.56 Å². The number of esters is 1. The summed E-state index contributed by atoms with van der Waals surface area (Å²) >= 11 is 1.64. The number of nitrogens with one attached hydrogen (secondary N) is 1. The molecule has 2 aromatic heterocycles. The average Bonchev–Trinajstić information content (AvgIpc) is 3.58. The van der Waals surface area contributed by atoms with E-state index in [0.29, 0.717) is 35.6 Å². The van der Waals surface area contributed by atoms with Crippen LogP contribution in [0.1, 0.15) is 52.7 Å². The zero-order chi connectivity index (χ0) is 27.4. The average molecular weight is 550 g/mol. The highest BCUT2D eigenvalue weighted by Gasteiger charge is 2.56. The first-order valence-corrected chi connectivity index (χ1v) is 13.7. The number of methoxy groups -OCH3 is 1. The van der Waals surface area contributed by atoms with Crippen molar-refractivity contribution in [3.8, 4) is 0 Å². The van der Waals surface area contributed by atoms with Crippen molar-refractivity contribution in [2.45, 2.75) is 88.1 Å². The van der Waals surface area contributed by atoms with E-state index in [1.807, 2.05) is 20.0 Å². The van der Waals surface area contributed by atoms with Crippen LogP contribution in [0.15, 0.2) is 12.5 Å². The monoisotopic (exact) mass is 549 g/mol. The molecule has 0 unspecified atom stereocenters. The SMILES string of the molecule is COC(=O)[C@@H]1C[C@H](SC[C@H]2O[C@@H](c3c[nH]c4c(N)ncnc34)[C@@H]3OC(C)(C)O[C@@H]32)CN1C(=O)OC(C)(C)C. The fourth-order valence-corrected chi connectivity index (χ4v) is 6.61. The maximum atomic E-state index is 12.8. The minimum absolute atomic E-state index is 0.0105. The molecule has 3 aliphatic rings. The number of aromatic nitrogens is 3. The van der Waals surface area contributed by atoms with Gasteiger partial charge in [-0.05, 0) is 41.0 Å². The molecule has 1 amide bonds. The van der Waals surface area contributed by atoms with Crippen LogP contribution in [0.3, 0.4) is 0 Å². The molecule has 5 heterocycles. The van der Waals surface area contributed by atoms with Crippen molar-refractivity contribution in [2.24, 2.45) is 0 Å². The van der Waals surface area contributed by atoms with Crippen molar-refractivity contribution in [3.05, 3.63) is 18.1 Å². The number of nitrogens with two attached hydrogens (primary N) is 1. The Morgan fingerprint density at radius 2 is 2.00 bits per heavy atom. The number of aromatic amines is 1. The number of hydrogen-bond acceptors (Lipinski definition) is 11. The summed E-state index contributed by atoms with van der Waals surface area (Å²) in [4.78, 5) is 38.4. The smallest absolute Gasteiger partial charge is 0.411 e. The van der Waals surface area contributed by atoms with Gasteiger partial charge in [0.25, 0.3) is 0 Å². The number of rotatable bonds is 5. The van der Waals surface area contributed by atoms with Crippen LogP contribution in [0, 0.1) is 0 Å². The topological polar surface area (TPSA) is 151 Å². The van der Waals surface area contributed by atoms with Crippen molar-refractivity contribution < 1.29 is 33.3 Å². The number of carbonyl (C=O) groups excluding carboxylic acids is 2. The van der Waals surface area contributed by atoms with Gasteiger partial charge in [-0.3, -0.25) is 4.90 Å². The number of anilines is 1. The van der Waals surface area contributed by atoms with Crippen molar-refractivity contribution in [1.82, 2.24) is 19.9 Å². The number of amides is 1. The van der Waals surface area contributed by atoms with Gasteiger partial charge in [0.2, 0.25) is 0 Å². The van der Waals surface area contributed by atoms with Gasteiger partial charge in [0.1, 0.15) is 41.8 Å². The van der Waals surface area contributed by atoms with Gasteiger partial charge in [-0.1, -0.05) is 0 Å². The molecule has 0 spiro atoms. The molecule has 3 fully saturated rings. The van der Waals surface area contributed by atoms with Crippen LogP contribution in [-0.4, -0.2) is 92.3 Å². The Balaban J connectivity index is 1.31. The molecule has 3 saturated heterocycles. The van der Waals surface area contributed by atoms with Crippen LogP contribution in [0.25, 0.3) is 11.0 Å². The Bertz CT molecular complexity index is 1210. The van der Waals surface area contributed by atoms with Crippen LogP contribution in [0.2, 0.25) is 0 Å². The van der Waals surface area contributed by atoms with Crippen molar-refractivity contribution in [3.63, 3.8) is 0 Å². The van der Waals surface area contributed by atoms with E-state index in [1.54, 1.807) is 32.5 Å². The van der Waals surface area contributed by atoms with Crippen molar-refractivity contribution in [1.29, 1.82) is 0 Å². The summed E-state index contributed by atoms with van der Waals surface area (Å²) in [5.74, 6) is -0.275. The Morgan fingerprint density at radius 1 is 1.26 bits per heavy atom. The van der Waals surface area contributed by atoms with Gasteiger partial charge in [-0.25, -0.2) is 19.6 Å². The molecule has 0 radical (unpaired) electrons. The normalized spacial score (nSPS) is 30.5. The lowest BCUT2D eigenvalue weighted by molar-refractivity contribution is -0.185. The van der Waals surface area contributed by atoms with Gasteiger partial charge >= 0.3 is 12.1 Å². The highest BCUT2D eigenvalue weighted by atomic mass is 32.2. The van der Waals surface area contributed by atoms with Crippen LogP contribution in [0.4, 0.5) is 10.6 Å². The highest BCUT2D eigenvalue weighted by molar-refractivity contribution is 8.00. The molecular weight excluding hydrogens is 514 g/mol. The van der Waals surface area contributed by atoms with E-state index in [9.17, 15) is 9.59 Å². The second-order valence-corrected chi connectivity index (χ2v) is 12.6. The van der Waals surface area contributed by atoms with E-state index in [1.165, 1.54) is 18.3 Å². The minimum Gasteiger partial charge on any atom is -0.467 e. The zero-order valence-corrected chi connectivity index (χ0v) is 23.2. The highest BCUT2D eigenvalue weighted by Crippen LogP contribution is 2.47. The molecule has 0 aromatic carbocycles. The van der Waals surface area contributed by atoms with E-state index in [-0.39, 0.29) is 23.6 Å². The Kier molecular flexibility index (Phi) is 6.99. The lowest BCUT2D eigenvalue weighted by Crippen LogP contribution is -2.43. The predicted octanol–water partition coefficient (Wildman–Crippen LogP) is 2.78. The summed E-state index contributed by atoms with van der Waals surface area (Å²) in [7, 11) is 1.32. The van der Waals surface area contributed by atoms with E-state index < -0.39 is 35.6 Å². The first-order chi connectivity index (χ1) is 17.9. The summed E-state index contributed by atoms with van der Waals surface area (Å²) in [6, 6.07) is -0.696. The van der Waals surface area contributed by atoms with Gasteiger partial charge in [0.15, 0.2) is 11.6 Å². The van der Waals surface area contributed by atoms with Crippen LogP contribution < -0.4 is 5.73 Å². The number of nitrogen functional groups attached to an aromatic ring is 1. The molecule has 208 valence electrons. The third-order valence-corrected chi connectivity index (χ3v) is 8.17. The molecule has 2 aromatic rings.